The van der Waals surface area contributed by atoms with Crippen LogP contribution in [-0.4, -0.2) is 9.55 Å². The molecule has 1 unspecified atom stereocenters. The van der Waals surface area contributed by atoms with E-state index in [9.17, 15) is 0 Å². The quantitative estimate of drug-likeness (QED) is 0.771. The van der Waals surface area contributed by atoms with Crippen molar-refractivity contribution in [2.45, 2.75) is 17.3 Å². The van der Waals surface area contributed by atoms with Gasteiger partial charge in [0.05, 0.1) is 0 Å². The second kappa shape index (κ2) is 4.93. The highest BCUT2D eigenvalue weighted by molar-refractivity contribution is 7.99. The third kappa shape index (κ3) is 2.42. The van der Waals surface area contributed by atoms with E-state index in [2.05, 4.69) is 18.0 Å². The second-order valence-corrected chi connectivity index (χ2v) is 5.32. The maximum atomic E-state index is 6.16. The van der Waals surface area contributed by atoms with Gasteiger partial charge in [0.1, 0.15) is 0 Å². The molecule has 0 aliphatic carbocycles. The van der Waals surface area contributed by atoms with Crippen molar-refractivity contribution in [2.24, 2.45) is 7.05 Å². The van der Waals surface area contributed by atoms with Crippen molar-refractivity contribution in [2.75, 3.05) is 0 Å². The third-order valence-corrected chi connectivity index (χ3v) is 3.96. The van der Waals surface area contributed by atoms with Gasteiger partial charge >= 0.3 is 0 Å². The van der Waals surface area contributed by atoms with E-state index in [-0.39, 0.29) is 0 Å². The normalized spacial score (nSPS) is 12.7. The highest BCUT2D eigenvalue weighted by atomic mass is 35.5. The highest BCUT2D eigenvalue weighted by Gasteiger charge is 2.12. The summed E-state index contributed by atoms with van der Waals surface area (Å²) < 4.78 is 2.01. The van der Waals surface area contributed by atoms with Crippen molar-refractivity contribution in [3.05, 3.63) is 47.2 Å². The molecule has 1 heterocycles. The van der Waals surface area contributed by atoms with Crippen LogP contribution >= 0.6 is 23.4 Å². The molecule has 0 saturated heterocycles. The Bertz CT molecular complexity index is 481. The zero-order valence-corrected chi connectivity index (χ0v) is 10.8. The van der Waals surface area contributed by atoms with Gasteiger partial charge in [-0.1, -0.05) is 41.6 Å². The number of rotatable bonds is 3. The van der Waals surface area contributed by atoms with Gasteiger partial charge in [0, 0.05) is 29.7 Å². The summed E-state index contributed by atoms with van der Waals surface area (Å²) in [6.45, 7) is 2.14. The van der Waals surface area contributed by atoms with E-state index in [1.165, 1.54) is 0 Å². The lowest BCUT2D eigenvalue weighted by Gasteiger charge is -2.12. The Morgan fingerprint density at radius 2 is 2.12 bits per heavy atom. The Kier molecular flexibility index (Phi) is 3.56. The Balaban J connectivity index is 2.18. The Morgan fingerprint density at radius 1 is 1.38 bits per heavy atom. The molecule has 2 aromatic rings. The van der Waals surface area contributed by atoms with Crippen LogP contribution in [0.1, 0.15) is 17.7 Å². The molecule has 1 atom stereocenters. The fourth-order valence-electron chi connectivity index (χ4n) is 1.49. The van der Waals surface area contributed by atoms with Crippen molar-refractivity contribution < 1.29 is 0 Å². The summed E-state index contributed by atoms with van der Waals surface area (Å²) in [6, 6.07) is 7.94. The van der Waals surface area contributed by atoms with E-state index in [1.54, 1.807) is 11.8 Å². The number of imidazole rings is 1. The van der Waals surface area contributed by atoms with E-state index < -0.39 is 0 Å². The van der Waals surface area contributed by atoms with Gasteiger partial charge in [-0.2, -0.15) is 0 Å². The van der Waals surface area contributed by atoms with Crippen LogP contribution in [0.3, 0.4) is 0 Å². The average molecular weight is 253 g/mol. The maximum absolute atomic E-state index is 6.16. The molecule has 1 aromatic heterocycles. The zero-order chi connectivity index (χ0) is 11.5. The van der Waals surface area contributed by atoms with Crippen LogP contribution < -0.4 is 0 Å². The first-order valence-electron chi connectivity index (χ1n) is 5.07. The van der Waals surface area contributed by atoms with Gasteiger partial charge in [0.2, 0.25) is 0 Å². The Labute approximate surface area is 105 Å². The van der Waals surface area contributed by atoms with Crippen LogP contribution in [0.5, 0.6) is 0 Å². The van der Waals surface area contributed by atoms with E-state index in [0.717, 1.165) is 15.7 Å². The van der Waals surface area contributed by atoms with Gasteiger partial charge < -0.3 is 4.57 Å². The summed E-state index contributed by atoms with van der Waals surface area (Å²) in [6.07, 6.45) is 3.75. The van der Waals surface area contributed by atoms with Crippen LogP contribution in [0.15, 0.2) is 41.8 Å². The molecule has 2 nitrogen and oxygen atoms in total. The number of hydrogen-bond donors (Lipinski definition) is 0. The SMILES string of the molecule is CC(Sc1nccn1C)c1ccccc1Cl. The first-order valence-corrected chi connectivity index (χ1v) is 6.32. The lowest BCUT2D eigenvalue weighted by Crippen LogP contribution is -1.94. The summed E-state index contributed by atoms with van der Waals surface area (Å²) in [4.78, 5) is 4.29. The highest BCUT2D eigenvalue weighted by Crippen LogP contribution is 2.36. The number of halogens is 1. The monoisotopic (exact) mass is 252 g/mol. The smallest absolute Gasteiger partial charge is 0.168 e. The van der Waals surface area contributed by atoms with E-state index in [1.807, 2.05) is 42.2 Å². The molecule has 0 aliphatic heterocycles. The van der Waals surface area contributed by atoms with Crippen molar-refractivity contribution in [1.29, 1.82) is 0 Å². The summed E-state index contributed by atoms with van der Waals surface area (Å²) >= 11 is 7.87. The summed E-state index contributed by atoms with van der Waals surface area (Å²) in [5.41, 5.74) is 1.15. The molecule has 0 bridgehead atoms. The number of hydrogen-bond acceptors (Lipinski definition) is 2. The molecule has 0 radical (unpaired) electrons. The first kappa shape index (κ1) is 11.6. The second-order valence-electron chi connectivity index (χ2n) is 3.60. The number of aromatic nitrogens is 2. The van der Waals surface area contributed by atoms with Crippen molar-refractivity contribution in [3.63, 3.8) is 0 Å². The zero-order valence-electron chi connectivity index (χ0n) is 9.22. The summed E-state index contributed by atoms with van der Waals surface area (Å²) in [5, 5.41) is 2.12. The lowest BCUT2D eigenvalue weighted by molar-refractivity contribution is 0.786. The largest absolute Gasteiger partial charge is 0.329 e. The van der Waals surface area contributed by atoms with Gasteiger partial charge in [0.25, 0.3) is 0 Å². The van der Waals surface area contributed by atoms with Gasteiger partial charge in [0.15, 0.2) is 5.16 Å². The molecule has 84 valence electrons. The fraction of sp³-hybridized carbons (Fsp3) is 0.250. The van der Waals surface area contributed by atoms with E-state index in [0.29, 0.717) is 5.25 Å². The van der Waals surface area contributed by atoms with Crippen molar-refractivity contribution in [3.8, 4) is 0 Å². The van der Waals surface area contributed by atoms with Gasteiger partial charge in [-0.3, -0.25) is 0 Å². The van der Waals surface area contributed by atoms with Crippen LogP contribution in [0.2, 0.25) is 5.02 Å². The fourth-order valence-corrected chi connectivity index (χ4v) is 2.85. The molecule has 0 fully saturated rings. The molecule has 1 aromatic carbocycles. The minimum Gasteiger partial charge on any atom is -0.329 e. The van der Waals surface area contributed by atoms with Crippen LogP contribution in [0, 0.1) is 0 Å². The van der Waals surface area contributed by atoms with Crippen molar-refractivity contribution in [1.82, 2.24) is 9.55 Å². The number of benzene rings is 1. The topological polar surface area (TPSA) is 17.8 Å². The van der Waals surface area contributed by atoms with Gasteiger partial charge in [-0.05, 0) is 18.6 Å². The Morgan fingerprint density at radius 3 is 2.75 bits per heavy atom. The molecule has 0 aliphatic rings. The molecule has 0 amide bonds. The number of thioether (sulfide) groups is 1. The van der Waals surface area contributed by atoms with Gasteiger partial charge in [-0.25, -0.2) is 4.98 Å². The minimum atomic E-state index is 0.301. The first-order chi connectivity index (χ1) is 7.68. The standard InChI is InChI=1S/C12H13ClN2S/c1-9(10-5-3-4-6-11(10)13)16-12-14-7-8-15(12)2/h3-9H,1-2H3. The van der Waals surface area contributed by atoms with Crippen LogP contribution in [-0.2, 0) is 7.05 Å². The lowest BCUT2D eigenvalue weighted by atomic mass is 10.2. The van der Waals surface area contributed by atoms with Crippen LogP contribution in [0.4, 0.5) is 0 Å². The molecule has 4 heteroatoms. The van der Waals surface area contributed by atoms with Crippen molar-refractivity contribution >= 4 is 23.4 Å². The number of nitrogens with zero attached hydrogens (tertiary/aromatic N) is 2. The minimum absolute atomic E-state index is 0.301. The van der Waals surface area contributed by atoms with E-state index in [4.69, 9.17) is 11.6 Å². The molecule has 0 spiro atoms. The molecule has 0 saturated carbocycles. The molecule has 16 heavy (non-hydrogen) atoms. The maximum Gasteiger partial charge on any atom is 0.168 e. The predicted octanol–water partition coefficient (Wildman–Crippen LogP) is 3.93. The molecular weight excluding hydrogens is 240 g/mol. The van der Waals surface area contributed by atoms with Crippen LogP contribution in [0.25, 0.3) is 0 Å². The third-order valence-electron chi connectivity index (χ3n) is 2.40. The van der Waals surface area contributed by atoms with E-state index >= 15 is 0 Å². The summed E-state index contributed by atoms with van der Waals surface area (Å²) in [5.74, 6) is 0. The molecule has 0 N–H and O–H groups in total. The molecular formula is C12H13ClN2S. The summed E-state index contributed by atoms with van der Waals surface area (Å²) in [7, 11) is 1.99. The van der Waals surface area contributed by atoms with Gasteiger partial charge in [-0.15, -0.1) is 0 Å². The average Bonchev–Trinajstić information content (AvgIpc) is 2.65. The predicted molar refractivity (Wildman–Crippen MR) is 68.9 cm³/mol. The Hall–Kier alpha value is -0.930. The number of aryl methyl sites for hydroxylation is 1. The molecule has 2 rings (SSSR count).